The van der Waals surface area contributed by atoms with Gasteiger partial charge in [0.25, 0.3) is 0 Å². The van der Waals surface area contributed by atoms with E-state index in [4.69, 9.17) is 9.47 Å². The first-order valence-corrected chi connectivity index (χ1v) is 11.3. The molecule has 2 aromatic rings. The number of carbonyl (C=O) groups is 2. The average Bonchev–Trinajstić information content (AvgIpc) is 3.23. The highest BCUT2D eigenvalue weighted by molar-refractivity contribution is 5.89. The lowest BCUT2D eigenvalue weighted by atomic mass is 9.94. The molecule has 0 radical (unpaired) electrons. The van der Waals surface area contributed by atoms with Gasteiger partial charge in [-0.25, -0.2) is 0 Å². The summed E-state index contributed by atoms with van der Waals surface area (Å²) in [6.07, 6.45) is 7.66. The highest BCUT2D eigenvalue weighted by Crippen LogP contribution is 2.33. The lowest BCUT2D eigenvalue weighted by Gasteiger charge is -2.37. The van der Waals surface area contributed by atoms with Crippen molar-refractivity contribution in [2.45, 2.75) is 38.1 Å². The molecule has 2 fully saturated rings. The maximum Gasteiger partial charge on any atom is 0.228 e. The third-order valence-electron chi connectivity index (χ3n) is 6.54. The van der Waals surface area contributed by atoms with Crippen LogP contribution in [0.15, 0.2) is 42.7 Å². The summed E-state index contributed by atoms with van der Waals surface area (Å²) in [5.41, 5.74) is 2.15. The van der Waals surface area contributed by atoms with Crippen LogP contribution in [-0.2, 0) is 16.0 Å². The zero-order valence-electron chi connectivity index (χ0n) is 18.8. The van der Waals surface area contributed by atoms with Gasteiger partial charge in [-0.05, 0) is 55.0 Å². The molecule has 0 aliphatic carbocycles. The predicted octanol–water partition coefficient (Wildman–Crippen LogP) is 3.24. The van der Waals surface area contributed by atoms with Crippen LogP contribution in [0.2, 0.25) is 0 Å². The second kappa shape index (κ2) is 10.0. The van der Waals surface area contributed by atoms with E-state index in [1.165, 1.54) is 0 Å². The highest BCUT2D eigenvalue weighted by atomic mass is 16.5. The Balaban J connectivity index is 1.39. The monoisotopic (exact) mass is 437 g/mol. The van der Waals surface area contributed by atoms with Crippen molar-refractivity contribution in [3.63, 3.8) is 0 Å². The minimum absolute atomic E-state index is 0.0544. The molecular weight excluding hydrogens is 406 g/mol. The van der Waals surface area contributed by atoms with Crippen LogP contribution in [-0.4, -0.2) is 60.5 Å². The van der Waals surface area contributed by atoms with Crippen LogP contribution in [0.25, 0.3) is 0 Å². The van der Waals surface area contributed by atoms with Gasteiger partial charge in [-0.1, -0.05) is 12.1 Å². The Bertz CT molecular complexity index is 949. The van der Waals surface area contributed by atoms with Gasteiger partial charge >= 0.3 is 0 Å². The molecule has 2 amide bonds. The van der Waals surface area contributed by atoms with Crippen LogP contribution in [0.3, 0.4) is 0 Å². The summed E-state index contributed by atoms with van der Waals surface area (Å²) in [4.78, 5) is 34.1. The normalized spacial score (nSPS) is 21.0. The number of amides is 2. The molecule has 7 heteroatoms. The van der Waals surface area contributed by atoms with E-state index in [2.05, 4.69) is 4.98 Å². The van der Waals surface area contributed by atoms with Crippen LogP contribution >= 0.6 is 0 Å². The molecule has 2 saturated heterocycles. The molecule has 3 heterocycles. The van der Waals surface area contributed by atoms with Crippen LogP contribution in [0.1, 0.15) is 42.9 Å². The van der Waals surface area contributed by atoms with Crippen molar-refractivity contribution in [2.24, 2.45) is 5.92 Å². The number of ether oxygens (including phenoxy) is 2. The van der Waals surface area contributed by atoms with Gasteiger partial charge in [-0.15, -0.1) is 0 Å². The number of hydrogen-bond acceptors (Lipinski definition) is 5. The Labute approximate surface area is 189 Å². The molecule has 1 aromatic heterocycles. The number of methoxy groups -OCH3 is 2. The molecule has 4 rings (SSSR count). The number of rotatable bonds is 7. The van der Waals surface area contributed by atoms with E-state index in [1.807, 2.05) is 46.3 Å². The molecule has 2 aliphatic heterocycles. The largest absolute Gasteiger partial charge is 0.493 e. The highest BCUT2D eigenvalue weighted by Gasteiger charge is 2.39. The molecule has 0 spiro atoms. The van der Waals surface area contributed by atoms with Gasteiger partial charge in [0.1, 0.15) is 0 Å². The lowest BCUT2D eigenvalue weighted by molar-refractivity contribution is -0.139. The third kappa shape index (κ3) is 4.71. The summed E-state index contributed by atoms with van der Waals surface area (Å²) in [6.45, 7) is 1.82. The molecule has 7 nitrogen and oxygen atoms in total. The van der Waals surface area contributed by atoms with Gasteiger partial charge in [-0.2, -0.15) is 0 Å². The second-order valence-corrected chi connectivity index (χ2v) is 8.51. The molecule has 0 bridgehead atoms. The standard InChI is InChI=1S/C25H31N3O4/c1-31-22-9-8-18(14-23(22)32-2)10-13-27-17-20(15-24(27)29)25(30)28-12-4-3-7-21(28)19-6-5-11-26-16-19/h5-6,8-9,11,14,16,20-21H,3-4,7,10,12-13,15,17H2,1-2H3/t20-,21-/m1/s1. The summed E-state index contributed by atoms with van der Waals surface area (Å²) in [5, 5.41) is 0. The Morgan fingerprint density at radius 3 is 2.75 bits per heavy atom. The Hall–Kier alpha value is -3.09. The van der Waals surface area contributed by atoms with Gasteiger partial charge in [0, 0.05) is 38.4 Å². The minimum atomic E-state index is -0.273. The van der Waals surface area contributed by atoms with Gasteiger partial charge in [0.2, 0.25) is 11.8 Å². The topological polar surface area (TPSA) is 72.0 Å². The Morgan fingerprint density at radius 2 is 2.00 bits per heavy atom. The SMILES string of the molecule is COc1ccc(CCN2C[C@H](C(=O)N3CCCC[C@@H]3c3cccnc3)CC2=O)cc1OC. The fraction of sp³-hybridized carbons (Fsp3) is 0.480. The van der Waals surface area contributed by atoms with E-state index < -0.39 is 0 Å². The molecular formula is C25H31N3O4. The van der Waals surface area contributed by atoms with Crippen molar-refractivity contribution < 1.29 is 19.1 Å². The van der Waals surface area contributed by atoms with Crippen LogP contribution in [0, 0.1) is 5.92 Å². The molecule has 0 N–H and O–H groups in total. The van der Waals surface area contributed by atoms with Crippen LogP contribution in [0.5, 0.6) is 11.5 Å². The van der Waals surface area contributed by atoms with Gasteiger partial charge in [0.05, 0.1) is 26.2 Å². The van der Waals surface area contributed by atoms with Gasteiger partial charge in [-0.3, -0.25) is 14.6 Å². The Morgan fingerprint density at radius 1 is 1.16 bits per heavy atom. The number of aromatic nitrogens is 1. The van der Waals surface area contributed by atoms with Crippen molar-refractivity contribution in [1.82, 2.24) is 14.8 Å². The number of hydrogen-bond donors (Lipinski definition) is 0. The molecule has 0 saturated carbocycles. The third-order valence-corrected chi connectivity index (χ3v) is 6.54. The number of nitrogens with zero attached hydrogens (tertiary/aromatic N) is 3. The van der Waals surface area contributed by atoms with Crippen molar-refractivity contribution >= 4 is 11.8 Å². The van der Waals surface area contributed by atoms with E-state index in [0.29, 0.717) is 37.4 Å². The number of piperidine rings is 1. The summed E-state index contributed by atoms with van der Waals surface area (Å²) in [7, 11) is 3.22. The first kappa shape index (κ1) is 22.1. The lowest BCUT2D eigenvalue weighted by Crippen LogP contribution is -2.42. The molecule has 2 aliphatic rings. The van der Waals surface area contributed by atoms with E-state index in [1.54, 1.807) is 20.4 Å². The van der Waals surface area contributed by atoms with E-state index in [9.17, 15) is 9.59 Å². The zero-order chi connectivity index (χ0) is 22.5. The molecule has 0 unspecified atom stereocenters. The number of carbonyl (C=O) groups excluding carboxylic acids is 2. The maximum absolute atomic E-state index is 13.4. The quantitative estimate of drug-likeness (QED) is 0.665. The van der Waals surface area contributed by atoms with Gasteiger partial charge < -0.3 is 19.3 Å². The number of likely N-dealkylation sites (tertiary alicyclic amines) is 2. The van der Waals surface area contributed by atoms with Crippen molar-refractivity contribution in [2.75, 3.05) is 33.9 Å². The van der Waals surface area contributed by atoms with E-state index in [0.717, 1.165) is 36.9 Å². The van der Waals surface area contributed by atoms with Crippen molar-refractivity contribution in [3.8, 4) is 11.5 Å². The minimum Gasteiger partial charge on any atom is -0.493 e. The summed E-state index contributed by atoms with van der Waals surface area (Å²) < 4.78 is 10.7. The second-order valence-electron chi connectivity index (χ2n) is 8.51. The predicted molar refractivity (Wildman–Crippen MR) is 120 cm³/mol. The molecule has 170 valence electrons. The average molecular weight is 438 g/mol. The molecule has 32 heavy (non-hydrogen) atoms. The fourth-order valence-electron chi connectivity index (χ4n) is 4.80. The van der Waals surface area contributed by atoms with Gasteiger partial charge in [0.15, 0.2) is 11.5 Å². The first-order valence-electron chi connectivity index (χ1n) is 11.3. The van der Waals surface area contributed by atoms with Crippen LogP contribution in [0.4, 0.5) is 0 Å². The van der Waals surface area contributed by atoms with Crippen LogP contribution < -0.4 is 9.47 Å². The number of pyridine rings is 1. The summed E-state index contributed by atoms with van der Waals surface area (Å²) >= 11 is 0. The molecule has 1 aromatic carbocycles. The summed E-state index contributed by atoms with van der Waals surface area (Å²) in [5.74, 6) is 1.24. The maximum atomic E-state index is 13.4. The van der Waals surface area contributed by atoms with E-state index >= 15 is 0 Å². The smallest absolute Gasteiger partial charge is 0.228 e. The van der Waals surface area contributed by atoms with Crippen molar-refractivity contribution in [1.29, 1.82) is 0 Å². The van der Waals surface area contributed by atoms with Crippen molar-refractivity contribution in [3.05, 3.63) is 53.9 Å². The number of benzene rings is 1. The first-order chi connectivity index (χ1) is 15.6. The molecule has 2 atom stereocenters. The summed E-state index contributed by atoms with van der Waals surface area (Å²) in [6, 6.07) is 9.81. The zero-order valence-corrected chi connectivity index (χ0v) is 18.8. The van der Waals surface area contributed by atoms with E-state index in [-0.39, 0.29) is 23.8 Å². The Kier molecular flexibility index (Phi) is 6.93. The fourth-order valence-corrected chi connectivity index (χ4v) is 4.80.